The number of ether oxygens (including phenoxy) is 1. The maximum Gasteiger partial charge on any atom is 0.170 e. The zero-order chi connectivity index (χ0) is 18.3. The number of hydrogen-bond donors (Lipinski definition) is 0. The quantitative estimate of drug-likeness (QED) is 0.808. The first-order valence-electron chi connectivity index (χ1n) is 10.00. The predicted molar refractivity (Wildman–Crippen MR) is 102 cm³/mol. The van der Waals surface area contributed by atoms with E-state index in [1.807, 2.05) is 0 Å². The number of halogens is 1. The molecule has 5 heteroatoms. The van der Waals surface area contributed by atoms with E-state index in [0.29, 0.717) is 11.5 Å². The number of hydrogen-bond acceptors (Lipinski definition) is 4. The summed E-state index contributed by atoms with van der Waals surface area (Å²) in [7, 11) is 0. The lowest BCUT2D eigenvalue weighted by Crippen LogP contribution is -2.48. The molecule has 4 nitrogen and oxygen atoms in total. The number of allylic oxidation sites excluding steroid dienone is 2. The van der Waals surface area contributed by atoms with Crippen LogP contribution in [-0.2, 0) is 11.2 Å². The summed E-state index contributed by atoms with van der Waals surface area (Å²) >= 11 is 0. The van der Waals surface area contributed by atoms with E-state index in [9.17, 15) is 4.39 Å². The Labute approximate surface area is 158 Å². The summed E-state index contributed by atoms with van der Waals surface area (Å²) < 4.78 is 25.1. The van der Waals surface area contributed by atoms with Gasteiger partial charge in [-0.05, 0) is 57.3 Å². The summed E-state index contributed by atoms with van der Waals surface area (Å²) in [5.41, 5.74) is 1.48. The minimum absolute atomic E-state index is 0.0186. The first kappa shape index (κ1) is 17.1. The van der Waals surface area contributed by atoms with Crippen LogP contribution in [0, 0.1) is 11.7 Å². The van der Waals surface area contributed by atoms with Gasteiger partial charge in [-0.25, -0.2) is 4.39 Å². The lowest BCUT2D eigenvalue weighted by atomic mass is 9.84. The first-order valence-corrected chi connectivity index (χ1v) is 10.00. The summed E-state index contributed by atoms with van der Waals surface area (Å²) in [4.78, 5) is 2.54. The van der Waals surface area contributed by atoms with Crippen LogP contribution in [-0.4, -0.2) is 41.4 Å². The van der Waals surface area contributed by atoms with Crippen LogP contribution < -0.4 is 0 Å². The Morgan fingerprint density at radius 1 is 1.26 bits per heavy atom. The number of fused-ring (bicyclic) bond motifs is 2. The molecule has 0 bridgehead atoms. The molecular formula is C22H25FN2O2. The fraction of sp³-hybridized carbons (Fsp3) is 0.500. The number of benzene rings is 1. The molecule has 1 unspecified atom stereocenters. The maximum absolute atomic E-state index is 13.3. The molecule has 0 amide bonds. The Bertz CT molecular complexity index is 868. The topological polar surface area (TPSA) is 38.5 Å². The van der Waals surface area contributed by atoms with Crippen LogP contribution in [0.1, 0.15) is 31.4 Å². The van der Waals surface area contributed by atoms with Gasteiger partial charge in [0.1, 0.15) is 5.82 Å². The van der Waals surface area contributed by atoms with Crippen molar-refractivity contribution < 1.29 is 13.7 Å². The van der Waals surface area contributed by atoms with E-state index in [-0.39, 0.29) is 17.5 Å². The van der Waals surface area contributed by atoms with Crippen LogP contribution in [0.15, 0.2) is 47.0 Å². The molecule has 27 heavy (non-hydrogen) atoms. The third-order valence-electron chi connectivity index (χ3n) is 6.20. The van der Waals surface area contributed by atoms with Gasteiger partial charge >= 0.3 is 0 Å². The highest BCUT2D eigenvalue weighted by atomic mass is 19.1. The van der Waals surface area contributed by atoms with Crippen LogP contribution >= 0.6 is 0 Å². The lowest BCUT2D eigenvalue weighted by molar-refractivity contribution is -0.0713. The molecule has 2 fully saturated rings. The molecule has 1 spiro atoms. The number of nitrogens with zero attached hydrogens (tertiary/aromatic N) is 2. The average molecular weight is 368 g/mol. The summed E-state index contributed by atoms with van der Waals surface area (Å²) in [6.45, 7) is 3.19. The Morgan fingerprint density at radius 2 is 2.19 bits per heavy atom. The minimum Gasteiger partial charge on any atom is -0.366 e. The highest BCUT2D eigenvalue weighted by molar-refractivity contribution is 5.79. The second-order valence-corrected chi connectivity index (χ2v) is 8.16. The van der Waals surface area contributed by atoms with Crippen LogP contribution in [0.25, 0.3) is 11.0 Å². The van der Waals surface area contributed by atoms with E-state index in [1.165, 1.54) is 18.6 Å². The van der Waals surface area contributed by atoms with Gasteiger partial charge in [0.15, 0.2) is 5.58 Å². The van der Waals surface area contributed by atoms with Crippen molar-refractivity contribution in [1.29, 1.82) is 0 Å². The zero-order valence-corrected chi connectivity index (χ0v) is 15.4. The van der Waals surface area contributed by atoms with E-state index in [0.717, 1.165) is 56.4 Å². The monoisotopic (exact) mass is 368 g/mol. The van der Waals surface area contributed by atoms with Crippen molar-refractivity contribution in [3.05, 3.63) is 54.0 Å². The van der Waals surface area contributed by atoms with Crippen molar-refractivity contribution in [2.75, 3.05) is 19.6 Å². The summed E-state index contributed by atoms with van der Waals surface area (Å²) in [6, 6.07) is 4.64. The molecule has 2 aromatic rings. The van der Waals surface area contributed by atoms with Crippen LogP contribution in [0.4, 0.5) is 4.39 Å². The SMILES string of the molecule is Fc1ccc2c(CCCN3CCC[C@@]4(CC5C=CC=C[C@@H]5O4)C3)noc2c1. The smallest absolute Gasteiger partial charge is 0.170 e. The van der Waals surface area contributed by atoms with E-state index >= 15 is 0 Å². The van der Waals surface area contributed by atoms with Gasteiger partial charge in [0, 0.05) is 23.9 Å². The summed E-state index contributed by atoms with van der Waals surface area (Å²) in [5.74, 6) is 0.252. The number of aryl methyl sites for hydroxylation is 1. The normalized spacial score (nSPS) is 30.4. The molecule has 1 aromatic heterocycles. The molecule has 3 heterocycles. The van der Waals surface area contributed by atoms with Crippen LogP contribution in [0.3, 0.4) is 0 Å². The molecule has 1 aromatic carbocycles. The van der Waals surface area contributed by atoms with Crippen molar-refractivity contribution in [2.24, 2.45) is 5.92 Å². The third kappa shape index (κ3) is 3.34. The van der Waals surface area contributed by atoms with Gasteiger partial charge in [-0.3, -0.25) is 0 Å². The van der Waals surface area contributed by atoms with Gasteiger partial charge in [0.05, 0.1) is 17.4 Å². The molecule has 0 saturated carbocycles. The fourth-order valence-electron chi connectivity index (χ4n) is 4.97. The Kier molecular flexibility index (Phi) is 4.37. The van der Waals surface area contributed by atoms with Crippen LogP contribution in [0.5, 0.6) is 0 Å². The number of rotatable bonds is 4. The van der Waals surface area contributed by atoms with E-state index < -0.39 is 0 Å². The molecular weight excluding hydrogens is 343 g/mol. The zero-order valence-electron chi connectivity index (χ0n) is 15.4. The second kappa shape index (κ2) is 6.88. The molecule has 0 N–H and O–H groups in total. The summed E-state index contributed by atoms with van der Waals surface area (Å²) in [5, 5.41) is 5.06. The molecule has 2 aliphatic heterocycles. The van der Waals surface area contributed by atoms with Crippen molar-refractivity contribution in [2.45, 2.75) is 43.8 Å². The van der Waals surface area contributed by atoms with Gasteiger partial charge in [-0.15, -0.1) is 0 Å². The standard InChI is InChI=1S/C22H25FN2O2/c23-17-8-9-18-19(24-27-21(18)13-17)6-3-11-25-12-4-10-22(15-25)14-16-5-1-2-7-20(16)26-22/h1-2,5,7-9,13,16,20H,3-4,6,10-12,14-15H2/t16?,20-,22+/m0/s1. The van der Waals surface area contributed by atoms with Gasteiger partial charge in [-0.1, -0.05) is 29.5 Å². The molecule has 2 saturated heterocycles. The van der Waals surface area contributed by atoms with E-state index in [2.05, 4.69) is 34.4 Å². The minimum atomic E-state index is -0.286. The molecule has 1 aliphatic carbocycles. The average Bonchev–Trinajstić information content (AvgIpc) is 3.22. The Morgan fingerprint density at radius 3 is 3.11 bits per heavy atom. The highest BCUT2D eigenvalue weighted by Gasteiger charge is 2.46. The third-order valence-corrected chi connectivity index (χ3v) is 6.20. The highest BCUT2D eigenvalue weighted by Crippen LogP contribution is 2.43. The predicted octanol–water partition coefficient (Wildman–Crippen LogP) is 4.27. The van der Waals surface area contributed by atoms with E-state index in [1.54, 1.807) is 6.07 Å². The first-order chi connectivity index (χ1) is 13.2. The number of piperidine rings is 1. The van der Waals surface area contributed by atoms with Crippen molar-refractivity contribution in [3.8, 4) is 0 Å². The van der Waals surface area contributed by atoms with Gasteiger partial charge in [0.2, 0.25) is 0 Å². The van der Waals surface area contributed by atoms with Crippen LogP contribution in [0.2, 0.25) is 0 Å². The second-order valence-electron chi connectivity index (χ2n) is 8.16. The molecule has 142 valence electrons. The molecule has 0 radical (unpaired) electrons. The summed E-state index contributed by atoms with van der Waals surface area (Å²) in [6.07, 6.45) is 14.4. The van der Waals surface area contributed by atoms with Crippen molar-refractivity contribution in [3.63, 3.8) is 0 Å². The fourth-order valence-corrected chi connectivity index (χ4v) is 4.97. The number of likely N-dealkylation sites (tertiary alicyclic amines) is 1. The largest absolute Gasteiger partial charge is 0.366 e. The Hall–Kier alpha value is -1.98. The van der Waals surface area contributed by atoms with E-state index in [4.69, 9.17) is 9.26 Å². The maximum atomic E-state index is 13.3. The lowest BCUT2D eigenvalue weighted by Gasteiger charge is -2.40. The molecule has 3 aliphatic rings. The molecule has 3 atom stereocenters. The Balaban J connectivity index is 1.19. The van der Waals surface area contributed by atoms with Gasteiger partial charge in [0.25, 0.3) is 0 Å². The number of aromatic nitrogens is 1. The van der Waals surface area contributed by atoms with Crippen molar-refractivity contribution >= 4 is 11.0 Å². The van der Waals surface area contributed by atoms with Crippen molar-refractivity contribution in [1.82, 2.24) is 10.1 Å². The van der Waals surface area contributed by atoms with Gasteiger partial charge in [-0.2, -0.15) is 0 Å². The molecule has 5 rings (SSSR count). The van der Waals surface area contributed by atoms with Gasteiger partial charge < -0.3 is 14.2 Å².